The molecular formula is C9H21N. The molecule has 0 radical (unpaired) electrons. The molecule has 0 aliphatic heterocycles. The lowest BCUT2D eigenvalue weighted by atomic mass is 9.88. The summed E-state index contributed by atoms with van der Waals surface area (Å²) in [5.74, 6) is 0. The molecule has 0 aromatic carbocycles. The molecule has 0 spiro atoms. The highest BCUT2D eigenvalue weighted by atomic mass is 14.9. The average molecular weight is 143 g/mol. The van der Waals surface area contributed by atoms with E-state index in [2.05, 4.69) is 33.1 Å². The van der Waals surface area contributed by atoms with Crippen molar-refractivity contribution in [1.82, 2.24) is 5.32 Å². The van der Waals surface area contributed by atoms with Crippen molar-refractivity contribution in [2.75, 3.05) is 7.05 Å². The molecule has 0 fully saturated rings. The number of hydrogen-bond acceptors (Lipinski definition) is 1. The summed E-state index contributed by atoms with van der Waals surface area (Å²) in [6.45, 7) is 6.77. The van der Waals surface area contributed by atoms with Crippen LogP contribution in [0.2, 0.25) is 0 Å². The van der Waals surface area contributed by atoms with Gasteiger partial charge in [-0.1, -0.05) is 27.2 Å². The Bertz CT molecular complexity index is 66.5. The van der Waals surface area contributed by atoms with E-state index >= 15 is 0 Å². The first-order chi connectivity index (χ1) is 4.74. The minimum atomic E-state index is 0.425. The fraction of sp³-hybridized carbons (Fsp3) is 1.00. The highest BCUT2D eigenvalue weighted by Crippen LogP contribution is 2.20. The van der Waals surface area contributed by atoms with Crippen molar-refractivity contribution in [2.45, 2.75) is 52.0 Å². The fourth-order valence-electron chi connectivity index (χ4n) is 1.56. The third kappa shape index (κ3) is 2.30. The quantitative estimate of drug-likeness (QED) is 0.623. The van der Waals surface area contributed by atoms with Crippen LogP contribution in [0.15, 0.2) is 0 Å². The SMILES string of the molecule is CCCC(CC)(CC)NC. The molecule has 1 heteroatoms. The maximum atomic E-state index is 3.42. The maximum absolute atomic E-state index is 3.42. The molecule has 0 aromatic rings. The van der Waals surface area contributed by atoms with Crippen LogP contribution in [0, 0.1) is 0 Å². The molecular weight excluding hydrogens is 122 g/mol. The second kappa shape index (κ2) is 4.73. The molecule has 1 nitrogen and oxygen atoms in total. The number of hydrogen-bond donors (Lipinski definition) is 1. The van der Waals surface area contributed by atoms with Crippen molar-refractivity contribution in [1.29, 1.82) is 0 Å². The fourth-order valence-corrected chi connectivity index (χ4v) is 1.56. The lowest BCUT2D eigenvalue weighted by molar-refractivity contribution is 0.299. The van der Waals surface area contributed by atoms with Crippen molar-refractivity contribution in [3.05, 3.63) is 0 Å². The summed E-state index contributed by atoms with van der Waals surface area (Å²) < 4.78 is 0. The topological polar surface area (TPSA) is 12.0 Å². The third-order valence-electron chi connectivity index (χ3n) is 2.61. The zero-order chi connectivity index (χ0) is 8.04. The molecule has 0 atom stereocenters. The largest absolute Gasteiger partial charge is 0.314 e. The van der Waals surface area contributed by atoms with E-state index in [0.29, 0.717) is 5.54 Å². The predicted molar refractivity (Wildman–Crippen MR) is 47.3 cm³/mol. The second-order valence-electron chi connectivity index (χ2n) is 2.99. The standard InChI is InChI=1S/C9H21N/c1-5-8-9(6-2,7-3)10-4/h10H,5-8H2,1-4H3. The van der Waals surface area contributed by atoms with Gasteiger partial charge in [-0.25, -0.2) is 0 Å². The summed E-state index contributed by atoms with van der Waals surface area (Å²) in [7, 11) is 2.07. The van der Waals surface area contributed by atoms with Gasteiger partial charge in [0.1, 0.15) is 0 Å². The molecule has 0 saturated heterocycles. The van der Waals surface area contributed by atoms with Crippen LogP contribution in [0.1, 0.15) is 46.5 Å². The van der Waals surface area contributed by atoms with E-state index in [0.717, 1.165) is 0 Å². The molecule has 0 aromatic heterocycles. The molecule has 0 unspecified atom stereocenters. The minimum Gasteiger partial charge on any atom is -0.314 e. The molecule has 0 rings (SSSR count). The van der Waals surface area contributed by atoms with Crippen LogP contribution in [0.4, 0.5) is 0 Å². The highest BCUT2D eigenvalue weighted by molar-refractivity contribution is 4.82. The van der Waals surface area contributed by atoms with Gasteiger partial charge in [0.2, 0.25) is 0 Å². The number of rotatable bonds is 5. The van der Waals surface area contributed by atoms with Crippen LogP contribution in [0.3, 0.4) is 0 Å². The molecule has 10 heavy (non-hydrogen) atoms. The van der Waals surface area contributed by atoms with Crippen molar-refractivity contribution >= 4 is 0 Å². The van der Waals surface area contributed by atoms with Crippen LogP contribution < -0.4 is 5.32 Å². The highest BCUT2D eigenvalue weighted by Gasteiger charge is 2.21. The summed E-state index contributed by atoms with van der Waals surface area (Å²) in [6, 6.07) is 0. The Balaban J connectivity index is 3.87. The van der Waals surface area contributed by atoms with E-state index in [4.69, 9.17) is 0 Å². The Morgan fingerprint density at radius 2 is 1.60 bits per heavy atom. The molecule has 0 amide bonds. The van der Waals surface area contributed by atoms with Crippen molar-refractivity contribution < 1.29 is 0 Å². The van der Waals surface area contributed by atoms with Gasteiger partial charge in [0, 0.05) is 5.54 Å². The van der Waals surface area contributed by atoms with Gasteiger partial charge in [0.05, 0.1) is 0 Å². The van der Waals surface area contributed by atoms with Crippen LogP contribution in [-0.4, -0.2) is 12.6 Å². The first-order valence-electron chi connectivity index (χ1n) is 4.43. The van der Waals surface area contributed by atoms with Gasteiger partial charge in [-0.15, -0.1) is 0 Å². The minimum absolute atomic E-state index is 0.425. The summed E-state index contributed by atoms with van der Waals surface area (Å²) >= 11 is 0. The monoisotopic (exact) mass is 143 g/mol. The van der Waals surface area contributed by atoms with Crippen molar-refractivity contribution in [2.24, 2.45) is 0 Å². The van der Waals surface area contributed by atoms with Crippen molar-refractivity contribution in [3.8, 4) is 0 Å². The van der Waals surface area contributed by atoms with Crippen LogP contribution >= 0.6 is 0 Å². The summed E-state index contributed by atoms with van der Waals surface area (Å²) in [6.07, 6.45) is 5.07. The van der Waals surface area contributed by atoms with E-state index in [-0.39, 0.29) is 0 Å². The van der Waals surface area contributed by atoms with Crippen LogP contribution in [0.25, 0.3) is 0 Å². The lowest BCUT2D eigenvalue weighted by Gasteiger charge is -2.30. The third-order valence-corrected chi connectivity index (χ3v) is 2.61. The van der Waals surface area contributed by atoms with E-state index in [1.165, 1.54) is 25.7 Å². The van der Waals surface area contributed by atoms with Gasteiger partial charge in [-0.05, 0) is 26.3 Å². The molecule has 62 valence electrons. The van der Waals surface area contributed by atoms with Gasteiger partial charge in [-0.3, -0.25) is 0 Å². The summed E-state index contributed by atoms with van der Waals surface area (Å²) in [5.41, 5.74) is 0.425. The van der Waals surface area contributed by atoms with E-state index < -0.39 is 0 Å². The van der Waals surface area contributed by atoms with Gasteiger partial charge in [-0.2, -0.15) is 0 Å². The first-order valence-corrected chi connectivity index (χ1v) is 4.43. The van der Waals surface area contributed by atoms with Crippen molar-refractivity contribution in [3.63, 3.8) is 0 Å². The predicted octanol–water partition coefficient (Wildman–Crippen LogP) is 2.56. The molecule has 1 N–H and O–H groups in total. The molecule has 0 aliphatic rings. The second-order valence-corrected chi connectivity index (χ2v) is 2.99. The van der Waals surface area contributed by atoms with E-state index in [9.17, 15) is 0 Å². The molecule has 0 saturated carbocycles. The lowest BCUT2D eigenvalue weighted by Crippen LogP contribution is -2.41. The Hall–Kier alpha value is -0.0400. The van der Waals surface area contributed by atoms with Gasteiger partial charge in [0.25, 0.3) is 0 Å². The number of nitrogens with one attached hydrogen (secondary N) is 1. The summed E-state index contributed by atoms with van der Waals surface area (Å²) in [4.78, 5) is 0. The van der Waals surface area contributed by atoms with Crippen LogP contribution in [0.5, 0.6) is 0 Å². The average Bonchev–Trinajstić information content (AvgIpc) is 2.01. The Morgan fingerprint density at radius 3 is 1.70 bits per heavy atom. The maximum Gasteiger partial charge on any atom is 0.0173 e. The zero-order valence-electron chi connectivity index (χ0n) is 7.83. The van der Waals surface area contributed by atoms with Gasteiger partial charge < -0.3 is 5.32 Å². The smallest absolute Gasteiger partial charge is 0.0173 e. The van der Waals surface area contributed by atoms with Gasteiger partial charge in [0.15, 0.2) is 0 Å². The van der Waals surface area contributed by atoms with E-state index in [1.807, 2.05) is 0 Å². The normalized spacial score (nSPS) is 12.0. The molecule has 0 heterocycles. The molecule has 0 bridgehead atoms. The summed E-state index contributed by atoms with van der Waals surface area (Å²) in [5, 5.41) is 3.42. The Kier molecular flexibility index (Phi) is 4.71. The van der Waals surface area contributed by atoms with Gasteiger partial charge >= 0.3 is 0 Å². The zero-order valence-corrected chi connectivity index (χ0v) is 7.83. The van der Waals surface area contributed by atoms with E-state index in [1.54, 1.807) is 0 Å². The van der Waals surface area contributed by atoms with Crippen LogP contribution in [-0.2, 0) is 0 Å². The Labute approximate surface area is 65.2 Å². The Morgan fingerprint density at radius 1 is 1.10 bits per heavy atom. The first kappa shape index (κ1) is 9.96. The molecule has 0 aliphatic carbocycles.